The van der Waals surface area contributed by atoms with Crippen molar-refractivity contribution in [1.29, 1.82) is 0 Å². The number of carbonyl (C=O) groups excluding carboxylic acids is 5. The summed E-state index contributed by atoms with van der Waals surface area (Å²) in [5.74, 6) is -0.920. The first-order valence-corrected chi connectivity index (χ1v) is 10.4. The molecular weight excluding hydrogens is 480 g/mol. The predicted octanol–water partition coefficient (Wildman–Crippen LogP) is 3.02. The van der Waals surface area contributed by atoms with E-state index in [4.69, 9.17) is 4.79 Å². The predicted molar refractivity (Wildman–Crippen MR) is 138 cm³/mol. The minimum absolute atomic E-state index is 0. The lowest BCUT2D eigenvalue weighted by molar-refractivity contribution is -0.329. The number of esters is 1. The second-order valence-electron chi connectivity index (χ2n) is 5.50. The van der Waals surface area contributed by atoms with E-state index in [1.807, 2.05) is 20.6 Å². The fraction of sp³-hybridized carbons (Fsp3) is 0.792. The van der Waals surface area contributed by atoms with Crippen LogP contribution >= 0.6 is 0 Å². The van der Waals surface area contributed by atoms with Crippen molar-refractivity contribution in [1.82, 2.24) is 0 Å². The zero-order valence-corrected chi connectivity index (χ0v) is 22.0. The van der Waals surface area contributed by atoms with Gasteiger partial charge >= 0.3 is 5.97 Å². The monoisotopic (exact) mass is 532 g/mol. The molecule has 0 amide bonds. The summed E-state index contributed by atoms with van der Waals surface area (Å²) < 4.78 is 22.7. The number of rotatable bonds is 15. The Kier molecular flexibility index (Phi) is 70.3. The van der Waals surface area contributed by atoms with Crippen molar-refractivity contribution >= 4 is 30.1 Å². The van der Waals surface area contributed by atoms with E-state index in [1.165, 1.54) is 14.2 Å². The Balaban J connectivity index is -0.0000000624. The highest BCUT2D eigenvalue weighted by Crippen LogP contribution is 1.90. The third-order valence-corrected chi connectivity index (χ3v) is 2.70. The molecule has 220 valence electrons. The standard InChI is InChI=1S/C7H12O4.C7H12O3.C4H10O3.C3H8O.CH2O.2CH4/c1-3-11-7(9)4-6(8)5-10-2;1-3-6(8)4-7(9)5-10-2;1-3-6-7-4-5-2;1-3-4-2;1-2;;/h3-5H2,1-2H3;3-5H2,1-2H3;3-4H2,1-2H3;3H2,1-2H3;1H2;2*1H4. The summed E-state index contributed by atoms with van der Waals surface area (Å²) in [5, 5.41) is 0. The van der Waals surface area contributed by atoms with Crippen LogP contribution in [0.1, 0.15) is 61.8 Å². The molecule has 0 aromatic rings. The summed E-state index contributed by atoms with van der Waals surface area (Å²) >= 11 is 0. The van der Waals surface area contributed by atoms with Gasteiger partial charge in [0, 0.05) is 41.5 Å². The van der Waals surface area contributed by atoms with Crippen molar-refractivity contribution in [3.8, 4) is 0 Å². The zero-order valence-electron chi connectivity index (χ0n) is 22.0. The molecule has 0 saturated heterocycles. The third kappa shape index (κ3) is 63.5. The van der Waals surface area contributed by atoms with E-state index in [1.54, 1.807) is 28.1 Å². The molecule has 0 fully saturated rings. The fourth-order valence-electron chi connectivity index (χ4n) is 1.31. The van der Waals surface area contributed by atoms with E-state index in [-0.39, 0.29) is 65.1 Å². The number of ketones is 3. The number of hydrogen-bond donors (Lipinski definition) is 0. The molecule has 0 radical (unpaired) electrons. The molecule has 0 aromatic carbocycles. The lowest BCUT2D eigenvalue weighted by atomic mass is 10.2. The fourth-order valence-corrected chi connectivity index (χ4v) is 1.31. The largest absolute Gasteiger partial charge is 0.466 e. The molecular formula is C24H52O12. The minimum atomic E-state index is -0.491. The van der Waals surface area contributed by atoms with Gasteiger partial charge in [-0.2, -0.15) is 0 Å². The van der Waals surface area contributed by atoms with E-state index in [0.29, 0.717) is 19.6 Å². The van der Waals surface area contributed by atoms with Crippen LogP contribution < -0.4 is 0 Å². The van der Waals surface area contributed by atoms with Gasteiger partial charge in [-0.15, -0.1) is 0 Å². The van der Waals surface area contributed by atoms with Crippen molar-refractivity contribution in [3.05, 3.63) is 0 Å². The maximum Gasteiger partial charge on any atom is 0.313 e. The highest BCUT2D eigenvalue weighted by molar-refractivity contribution is 5.99. The molecule has 0 aliphatic carbocycles. The molecule has 0 heterocycles. The molecule has 12 heteroatoms. The van der Waals surface area contributed by atoms with E-state index in [9.17, 15) is 19.2 Å². The highest BCUT2D eigenvalue weighted by Gasteiger charge is 2.08. The van der Waals surface area contributed by atoms with Crippen LogP contribution in [-0.2, 0) is 57.4 Å². The van der Waals surface area contributed by atoms with Crippen molar-refractivity contribution in [2.45, 2.75) is 61.8 Å². The summed E-state index contributed by atoms with van der Waals surface area (Å²) in [7, 11) is 6.07. The van der Waals surface area contributed by atoms with Crippen LogP contribution in [0.4, 0.5) is 0 Å². The van der Waals surface area contributed by atoms with Gasteiger partial charge in [0.05, 0.1) is 19.6 Å². The van der Waals surface area contributed by atoms with Crippen LogP contribution in [0.15, 0.2) is 0 Å². The Hall–Kier alpha value is -2.09. The first kappa shape index (κ1) is 50.7. The van der Waals surface area contributed by atoms with Crippen LogP contribution in [0.2, 0.25) is 0 Å². The molecule has 0 atom stereocenters. The van der Waals surface area contributed by atoms with Crippen LogP contribution in [-0.4, -0.2) is 98.4 Å². The summed E-state index contributed by atoms with van der Waals surface area (Å²) in [6, 6.07) is 0. The molecule has 0 aromatic heterocycles. The minimum Gasteiger partial charge on any atom is -0.466 e. The normalized spacial score (nSPS) is 8.22. The molecule has 0 bridgehead atoms. The Labute approximate surface area is 218 Å². The molecule has 0 saturated carbocycles. The highest BCUT2D eigenvalue weighted by atomic mass is 17.2. The molecule has 0 spiro atoms. The number of methoxy groups -OCH3 is 4. The average molecular weight is 533 g/mol. The van der Waals surface area contributed by atoms with Gasteiger partial charge in [0.25, 0.3) is 0 Å². The maximum atomic E-state index is 10.7. The van der Waals surface area contributed by atoms with E-state index < -0.39 is 5.97 Å². The quantitative estimate of drug-likeness (QED) is 0.0761. The van der Waals surface area contributed by atoms with Gasteiger partial charge in [0.15, 0.2) is 18.4 Å². The van der Waals surface area contributed by atoms with Crippen molar-refractivity contribution in [3.63, 3.8) is 0 Å². The lowest BCUT2D eigenvalue weighted by Gasteiger charge is -1.99. The molecule has 36 heavy (non-hydrogen) atoms. The van der Waals surface area contributed by atoms with Gasteiger partial charge in [-0.25, -0.2) is 9.78 Å². The second-order valence-corrected chi connectivity index (χ2v) is 5.50. The number of ether oxygens (including phenoxy) is 5. The first-order valence-electron chi connectivity index (χ1n) is 10.4. The Morgan fingerprint density at radius 2 is 1.03 bits per heavy atom. The van der Waals surface area contributed by atoms with Crippen LogP contribution in [0.25, 0.3) is 0 Å². The molecule has 0 unspecified atom stereocenters. The zero-order chi connectivity index (χ0) is 27.6. The molecule has 0 rings (SSSR count). The maximum absolute atomic E-state index is 10.7. The van der Waals surface area contributed by atoms with Crippen molar-refractivity contribution in [2.75, 3.05) is 68.3 Å². The number of carbonyl (C=O) groups is 5. The van der Waals surface area contributed by atoms with Crippen LogP contribution in [0.5, 0.6) is 0 Å². The molecule has 0 aliphatic heterocycles. The second kappa shape index (κ2) is 49.9. The topological polar surface area (TPSA) is 150 Å². The van der Waals surface area contributed by atoms with Gasteiger partial charge in [-0.1, -0.05) is 21.8 Å². The Morgan fingerprint density at radius 1 is 0.583 bits per heavy atom. The summed E-state index contributed by atoms with van der Waals surface area (Å²) in [5.41, 5.74) is 0. The SMILES string of the molecule is C.C.C=O.CCC(=O)CC(=O)COC.CCOC.CCOC(=O)CC(=O)COC.CCOOCOC. The van der Waals surface area contributed by atoms with Crippen LogP contribution in [0.3, 0.4) is 0 Å². The summed E-state index contributed by atoms with van der Waals surface area (Å²) in [6.07, 6.45) is 0.251. The first-order chi connectivity index (χ1) is 16.2. The van der Waals surface area contributed by atoms with Crippen molar-refractivity contribution in [2.24, 2.45) is 0 Å². The van der Waals surface area contributed by atoms with Gasteiger partial charge in [0.2, 0.25) is 0 Å². The molecule has 12 nitrogen and oxygen atoms in total. The molecule has 0 aliphatic rings. The number of hydrogen-bond acceptors (Lipinski definition) is 12. The van der Waals surface area contributed by atoms with Gasteiger partial charge < -0.3 is 28.5 Å². The summed E-state index contributed by atoms with van der Waals surface area (Å²) in [4.78, 5) is 59.5. The average Bonchev–Trinajstić information content (AvgIpc) is 2.82. The Morgan fingerprint density at radius 3 is 1.33 bits per heavy atom. The van der Waals surface area contributed by atoms with Gasteiger partial charge in [0.1, 0.15) is 32.2 Å². The number of Topliss-reactive ketones (excluding diaryl/α,β-unsaturated/α-hetero) is 3. The van der Waals surface area contributed by atoms with E-state index in [0.717, 1.165) is 6.61 Å². The smallest absolute Gasteiger partial charge is 0.313 e. The van der Waals surface area contributed by atoms with E-state index in [2.05, 4.69) is 33.5 Å². The Bertz CT molecular complexity index is 434. The summed E-state index contributed by atoms with van der Waals surface area (Å²) in [6.45, 7) is 11.1. The van der Waals surface area contributed by atoms with Crippen LogP contribution in [0, 0.1) is 0 Å². The van der Waals surface area contributed by atoms with Gasteiger partial charge in [-0.05, 0) is 20.8 Å². The molecule has 0 N–H and O–H groups in total. The third-order valence-electron chi connectivity index (χ3n) is 2.70. The van der Waals surface area contributed by atoms with Crippen molar-refractivity contribution < 1.29 is 57.4 Å². The van der Waals surface area contributed by atoms with Gasteiger partial charge in [-0.3, -0.25) is 19.2 Å². The van der Waals surface area contributed by atoms with E-state index >= 15 is 0 Å². The lowest BCUT2D eigenvalue weighted by Crippen LogP contribution is -2.14.